The molecule has 1 unspecified atom stereocenters. The molecular weight excluding hydrogens is 204 g/mol. The minimum atomic E-state index is -0.831. The number of hydrogen-bond donors (Lipinski definition) is 1. The Labute approximate surface area is 96.1 Å². The molecule has 1 aromatic rings. The van der Waals surface area contributed by atoms with Crippen molar-refractivity contribution in [1.82, 2.24) is 0 Å². The van der Waals surface area contributed by atoms with E-state index in [1.165, 1.54) is 0 Å². The molecule has 0 heterocycles. The van der Waals surface area contributed by atoms with Crippen LogP contribution in [0.2, 0.25) is 0 Å². The highest BCUT2D eigenvalue weighted by molar-refractivity contribution is 5.69. The van der Waals surface area contributed by atoms with Gasteiger partial charge in [-0.3, -0.25) is 4.79 Å². The van der Waals surface area contributed by atoms with Gasteiger partial charge in [-0.15, -0.1) is 0 Å². The molecule has 3 nitrogen and oxygen atoms in total. The van der Waals surface area contributed by atoms with Crippen molar-refractivity contribution in [3.05, 3.63) is 28.8 Å². The van der Waals surface area contributed by atoms with E-state index in [9.17, 15) is 4.79 Å². The molecule has 1 N–H and O–H groups in total. The van der Waals surface area contributed by atoms with Crippen LogP contribution in [0.5, 0.6) is 5.75 Å². The van der Waals surface area contributed by atoms with E-state index in [1.807, 2.05) is 32.9 Å². The second-order valence-electron chi connectivity index (χ2n) is 4.20. The third-order valence-electron chi connectivity index (χ3n) is 2.77. The number of carbonyl (C=O) groups is 1. The van der Waals surface area contributed by atoms with Crippen LogP contribution >= 0.6 is 0 Å². The van der Waals surface area contributed by atoms with Crippen molar-refractivity contribution >= 4 is 5.97 Å². The molecule has 0 amide bonds. The lowest BCUT2D eigenvalue weighted by molar-refractivity contribution is -0.142. The number of carboxylic acids is 1. The Morgan fingerprint density at radius 3 is 2.44 bits per heavy atom. The van der Waals surface area contributed by atoms with Crippen LogP contribution in [0.3, 0.4) is 0 Å². The van der Waals surface area contributed by atoms with E-state index in [-0.39, 0.29) is 6.61 Å². The Balaban J connectivity index is 2.81. The van der Waals surface area contributed by atoms with Gasteiger partial charge in [0.1, 0.15) is 12.4 Å². The predicted octanol–water partition coefficient (Wildman–Crippen LogP) is 2.71. The third kappa shape index (κ3) is 2.75. The molecule has 0 fully saturated rings. The van der Waals surface area contributed by atoms with E-state index in [4.69, 9.17) is 9.84 Å². The summed E-state index contributed by atoms with van der Waals surface area (Å²) >= 11 is 0. The first-order chi connectivity index (χ1) is 7.43. The number of aryl methyl sites for hydroxylation is 2. The van der Waals surface area contributed by atoms with Gasteiger partial charge in [0.25, 0.3) is 0 Å². The molecule has 0 saturated heterocycles. The van der Waals surface area contributed by atoms with Gasteiger partial charge in [-0.2, -0.15) is 0 Å². The van der Waals surface area contributed by atoms with Crippen molar-refractivity contribution in [2.75, 3.05) is 6.61 Å². The summed E-state index contributed by atoms with van der Waals surface area (Å²) in [5.41, 5.74) is 3.28. The SMILES string of the molecule is Cc1ccc(C)c(OCC(C)C(=O)O)c1C. The molecule has 0 aliphatic heterocycles. The van der Waals surface area contributed by atoms with Gasteiger partial charge < -0.3 is 9.84 Å². The van der Waals surface area contributed by atoms with Crippen LogP contribution < -0.4 is 4.74 Å². The zero-order valence-corrected chi connectivity index (χ0v) is 10.2. The zero-order valence-electron chi connectivity index (χ0n) is 10.2. The lowest BCUT2D eigenvalue weighted by Crippen LogP contribution is -2.18. The Morgan fingerprint density at radius 1 is 1.31 bits per heavy atom. The van der Waals surface area contributed by atoms with Crippen LogP contribution in [0.15, 0.2) is 12.1 Å². The smallest absolute Gasteiger partial charge is 0.309 e. The van der Waals surface area contributed by atoms with Crippen molar-refractivity contribution in [3.8, 4) is 5.75 Å². The Bertz CT molecular complexity index is 396. The second-order valence-corrected chi connectivity index (χ2v) is 4.20. The predicted molar refractivity (Wildman–Crippen MR) is 62.9 cm³/mol. The fourth-order valence-electron chi connectivity index (χ4n) is 1.43. The number of rotatable bonds is 4. The molecule has 0 saturated carbocycles. The van der Waals surface area contributed by atoms with Gasteiger partial charge in [0.2, 0.25) is 0 Å². The van der Waals surface area contributed by atoms with E-state index in [2.05, 4.69) is 0 Å². The van der Waals surface area contributed by atoms with Gasteiger partial charge in [0, 0.05) is 0 Å². The van der Waals surface area contributed by atoms with Crippen LogP contribution in [0.25, 0.3) is 0 Å². The molecule has 3 heteroatoms. The topological polar surface area (TPSA) is 46.5 Å². The molecule has 0 aliphatic rings. The number of aliphatic carboxylic acids is 1. The average Bonchev–Trinajstić information content (AvgIpc) is 2.23. The van der Waals surface area contributed by atoms with Gasteiger partial charge in [0.15, 0.2) is 0 Å². The standard InChI is InChI=1S/C13H18O3/c1-8-5-6-9(2)12(11(8)4)16-7-10(3)13(14)15/h5-6,10H,7H2,1-4H3,(H,14,15). The molecule has 16 heavy (non-hydrogen) atoms. The normalized spacial score (nSPS) is 12.2. The maximum absolute atomic E-state index is 10.7. The summed E-state index contributed by atoms with van der Waals surface area (Å²) in [5.74, 6) is -0.504. The zero-order chi connectivity index (χ0) is 12.3. The minimum Gasteiger partial charge on any atom is -0.492 e. The van der Waals surface area contributed by atoms with Gasteiger partial charge in [-0.25, -0.2) is 0 Å². The highest BCUT2D eigenvalue weighted by Crippen LogP contribution is 2.26. The van der Waals surface area contributed by atoms with Crippen molar-refractivity contribution < 1.29 is 14.6 Å². The molecule has 0 aliphatic carbocycles. The quantitative estimate of drug-likeness (QED) is 0.852. The summed E-state index contributed by atoms with van der Waals surface area (Å²) in [6.45, 7) is 7.82. The first-order valence-corrected chi connectivity index (χ1v) is 5.36. The lowest BCUT2D eigenvalue weighted by atomic mass is 10.1. The number of hydrogen-bond acceptors (Lipinski definition) is 2. The van der Waals surface area contributed by atoms with E-state index in [0.29, 0.717) is 0 Å². The summed E-state index contributed by atoms with van der Waals surface area (Å²) in [6, 6.07) is 4.03. The lowest BCUT2D eigenvalue weighted by Gasteiger charge is -2.15. The second kappa shape index (κ2) is 5.01. The summed E-state index contributed by atoms with van der Waals surface area (Å²) in [7, 11) is 0. The van der Waals surface area contributed by atoms with E-state index in [1.54, 1.807) is 6.92 Å². The molecule has 1 atom stereocenters. The van der Waals surface area contributed by atoms with Crippen molar-refractivity contribution in [1.29, 1.82) is 0 Å². The van der Waals surface area contributed by atoms with Gasteiger partial charge in [-0.05, 0) is 44.4 Å². The van der Waals surface area contributed by atoms with Gasteiger partial charge >= 0.3 is 5.97 Å². The van der Waals surface area contributed by atoms with Gasteiger partial charge in [-0.1, -0.05) is 12.1 Å². The number of carboxylic acid groups (broad SMARTS) is 1. The Morgan fingerprint density at radius 2 is 1.88 bits per heavy atom. The minimum absolute atomic E-state index is 0.209. The first-order valence-electron chi connectivity index (χ1n) is 5.36. The highest BCUT2D eigenvalue weighted by Gasteiger charge is 2.13. The van der Waals surface area contributed by atoms with Crippen LogP contribution in [0, 0.1) is 26.7 Å². The molecule has 0 radical (unpaired) electrons. The molecule has 0 bridgehead atoms. The maximum Gasteiger partial charge on any atom is 0.309 e. The molecule has 1 rings (SSSR count). The summed E-state index contributed by atoms with van der Waals surface area (Å²) in [4.78, 5) is 10.7. The van der Waals surface area contributed by atoms with Crippen molar-refractivity contribution in [2.45, 2.75) is 27.7 Å². The first kappa shape index (κ1) is 12.6. The monoisotopic (exact) mass is 222 g/mol. The fourth-order valence-corrected chi connectivity index (χ4v) is 1.43. The van der Waals surface area contributed by atoms with E-state index < -0.39 is 11.9 Å². The molecule has 88 valence electrons. The van der Waals surface area contributed by atoms with Crippen LogP contribution in [-0.4, -0.2) is 17.7 Å². The molecule has 1 aromatic carbocycles. The maximum atomic E-state index is 10.7. The largest absolute Gasteiger partial charge is 0.492 e. The van der Waals surface area contributed by atoms with Gasteiger partial charge in [0.05, 0.1) is 5.92 Å². The molecule has 0 spiro atoms. The number of benzene rings is 1. The van der Waals surface area contributed by atoms with E-state index in [0.717, 1.165) is 22.4 Å². The summed E-state index contributed by atoms with van der Waals surface area (Å²) in [6.07, 6.45) is 0. The van der Waals surface area contributed by atoms with E-state index >= 15 is 0 Å². The average molecular weight is 222 g/mol. The van der Waals surface area contributed by atoms with Crippen molar-refractivity contribution in [2.24, 2.45) is 5.92 Å². The Hall–Kier alpha value is -1.51. The molecular formula is C13H18O3. The van der Waals surface area contributed by atoms with Crippen LogP contribution in [-0.2, 0) is 4.79 Å². The molecule has 0 aromatic heterocycles. The van der Waals surface area contributed by atoms with Crippen LogP contribution in [0.1, 0.15) is 23.6 Å². The number of ether oxygens (including phenoxy) is 1. The highest BCUT2D eigenvalue weighted by atomic mass is 16.5. The summed E-state index contributed by atoms with van der Waals surface area (Å²) in [5, 5.41) is 8.77. The summed E-state index contributed by atoms with van der Waals surface area (Å²) < 4.78 is 5.59. The fraction of sp³-hybridized carbons (Fsp3) is 0.462. The Kier molecular flexibility index (Phi) is 3.93. The van der Waals surface area contributed by atoms with Crippen LogP contribution in [0.4, 0.5) is 0 Å². The third-order valence-corrected chi connectivity index (χ3v) is 2.77. The van der Waals surface area contributed by atoms with Crippen molar-refractivity contribution in [3.63, 3.8) is 0 Å².